The van der Waals surface area contributed by atoms with Gasteiger partial charge in [-0.15, -0.1) is 0 Å². The lowest BCUT2D eigenvalue weighted by molar-refractivity contribution is 1.27. The van der Waals surface area contributed by atoms with E-state index in [0.717, 1.165) is 11.5 Å². The van der Waals surface area contributed by atoms with Gasteiger partial charge in [-0.25, -0.2) is 0 Å². The quantitative estimate of drug-likeness (QED) is 0.541. The van der Waals surface area contributed by atoms with E-state index in [1.54, 1.807) is 18.1 Å². The molecule has 0 atom stereocenters. The smallest absolute Gasteiger partial charge is 0.0936 e. The van der Waals surface area contributed by atoms with E-state index in [4.69, 9.17) is 0 Å². The van der Waals surface area contributed by atoms with Gasteiger partial charge in [-0.3, -0.25) is 4.99 Å². The van der Waals surface area contributed by atoms with Crippen LogP contribution in [0.5, 0.6) is 0 Å². The highest BCUT2D eigenvalue weighted by molar-refractivity contribution is 8.12. The third-order valence-electron chi connectivity index (χ3n) is 0.840. The minimum Gasteiger partial charge on any atom is -0.330 e. The average Bonchev–Trinajstić information content (AvgIpc) is 1.90. The van der Waals surface area contributed by atoms with E-state index in [-0.39, 0.29) is 0 Å². The Morgan fingerprint density at radius 3 is 3.12 bits per heavy atom. The Morgan fingerprint density at radius 2 is 2.75 bits per heavy atom. The molecule has 1 rings (SSSR count). The summed E-state index contributed by atoms with van der Waals surface area (Å²) in [5.41, 5.74) is 0. The Morgan fingerprint density at radius 1 is 1.88 bits per heavy atom. The first-order valence-corrected chi connectivity index (χ1v) is 3.39. The van der Waals surface area contributed by atoms with Crippen LogP contribution in [0.25, 0.3) is 0 Å². The van der Waals surface area contributed by atoms with E-state index >= 15 is 0 Å². The standard InChI is InChI=1S/C5H8N2S/c1-2-5-6-3-4-7-8-5/h3-4,7H,2H2,1H3. The van der Waals surface area contributed by atoms with Crippen molar-refractivity contribution in [2.75, 3.05) is 0 Å². The van der Waals surface area contributed by atoms with Gasteiger partial charge >= 0.3 is 0 Å². The third kappa shape index (κ3) is 1.26. The normalized spacial score (nSPS) is 17.4. The number of aliphatic imine (C=N–C) groups is 1. The number of rotatable bonds is 1. The lowest BCUT2D eigenvalue weighted by Gasteiger charge is -2.03. The van der Waals surface area contributed by atoms with E-state index in [9.17, 15) is 0 Å². The van der Waals surface area contributed by atoms with Gasteiger partial charge in [0.15, 0.2) is 0 Å². The Kier molecular flexibility index (Phi) is 1.97. The molecule has 3 heteroatoms. The van der Waals surface area contributed by atoms with Crippen LogP contribution < -0.4 is 4.72 Å². The molecule has 1 heterocycles. The maximum absolute atomic E-state index is 4.08. The Bertz CT molecular complexity index is 128. The molecule has 0 bridgehead atoms. The fourth-order valence-corrected chi connectivity index (χ4v) is 0.966. The number of nitrogens with one attached hydrogen (secondary N) is 1. The third-order valence-corrected chi connectivity index (χ3v) is 1.72. The second kappa shape index (κ2) is 2.77. The van der Waals surface area contributed by atoms with Gasteiger partial charge in [-0.2, -0.15) is 0 Å². The molecule has 1 N–H and O–H groups in total. The van der Waals surface area contributed by atoms with Gasteiger partial charge in [0.05, 0.1) is 5.04 Å². The number of hydrogen-bond donors (Lipinski definition) is 1. The fourth-order valence-electron chi connectivity index (χ4n) is 0.443. The Hall–Kier alpha value is -0.440. The maximum Gasteiger partial charge on any atom is 0.0936 e. The second-order valence-corrected chi connectivity index (χ2v) is 2.32. The molecule has 0 saturated carbocycles. The zero-order valence-electron chi connectivity index (χ0n) is 4.72. The van der Waals surface area contributed by atoms with E-state index in [1.807, 2.05) is 6.20 Å². The van der Waals surface area contributed by atoms with Crippen LogP contribution in [0, 0.1) is 0 Å². The van der Waals surface area contributed by atoms with Crippen LogP contribution >= 0.6 is 11.9 Å². The summed E-state index contributed by atoms with van der Waals surface area (Å²) in [5, 5.41) is 1.15. The van der Waals surface area contributed by atoms with Crippen LogP contribution in [0.3, 0.4) is 0 Å². The molecular weight excluding hydrogens is 120 g/mol. The van der Waals surface area contributed by atoms with Gasteiger partial charge in [0.2, 0.25) is 0 Å². The van der Waals surface area contributed by atoms with Crippen LogP contribution in [-0.2, 0) is 0 Å². The van der Waals surface area contributed by atoms with Crippen molar-refractivity contribution < 1.29 is 0 Å². The van der Waals surface area contributed by atoms with Crippen molar-refractivity contribution in [3.05, 3.63) is 12.4 Å². The first-order valence-electron chi connectivity index (χ1n) is 2.57. The topological polar surface area (TPSA) is 24.4 Å². The molecule has 0 amide bonds. The lowest BCUT2D eigenvalue weighted by atomic mass is 10.5. The monoisotopic (exact) mass is 128 g/mol. The van der Waals surface area contributed by atoms with Crippen molar-refractivity contribution in [3.63, 3.8) is 0 Å². The summed E-state index contributed by atoms with van der Waals surface area (Å²) in [6, 6.07) is 0. The van der Waals surface area contributed by atoms with E-state index in [0.29, 0.717) is 0 Å². The van der Waals surface area contributed by atoms with Crippen LogP contribution in [0.2, 0.25) is 0 Å². The highest BCUT2D eigenvalue weighted by Gasteiger charge is 1.95. The summed E-state index contributed by atoms with van der Waals surface area (Å²) in [6.45, 7) is 2.09. The molecule has 1 aliphatic rings. The minimum absolute atomic E-state index is 1.02. The van der Waals surface area contributed by atoms with Crippen LogP contribution in [0.1, 0.15) is 13.3 Å². The molecule has 0 aromatic heterocycles. The summed E-state index contributed by atoms with van der Waals surface area (Å²) in [6.07, 6.45) is 4.61. The van der Waals surface area contributed by atoms with Crippen molar-refractivity contribution >= 4 is 17.0 Å². The summed E-state index contributed by atoms with van der Waals surface area (Å²) >= 11 is 1.58. The van der Waals surface area contributed by atoms with Crippen molar-refractivity contribution in [2.24, 2.45) is 4.99 Å². The molecule has 0 radical (unpaired) electrons. The molecular formula is C5H8N2S. The minimum atomic E-state index is 1.02. The van der Waals surface area contributed by atoms with Crippen molar-refractivity contribution in [2.45, 2.75) is 13.3 Å². The Balaban J connectivity index is 2.50. The predicted molar refractivity (Wildman–Crippen MR) is 37.6 cm³/mol. The van der Waals surface area contributed by atoms with Crippen molar-refractivity contribution in [1.29, 1.82) is 0 Å². The SMILES string of the molecule is CCC1=NC=CNS1. The van der Waals surface area contributed by atoms with Gasteiger partial charge < -0.3 is 4.72 Å². The van der Waals surface area contributed by atoms with Crippen LogP contribution in [0.15, 0.2) is 17.4 Å². The van der Waals surface area contributed by atoms with Gasteiger partial charge in [0.25, 0.3) is 0 Å². The van der Waals surface area contributed by atoms with Gasteiger partial charge in [0.1, 0.15) is 0 Å². The predicted octanol–water partition coefficient (Wildman–Crippen LogP) is 1.52. The summed E-state index contributed by atoms with van der Waals surface area (Å²) in [4.78, 5) is 4.08. The molecule has 0 unspecified atom stereocenters. The van der Waals surface area contributed by atoms with E-state index in [1.165, 1.54) is 0 Å². The zero-order chi connectivity index (χ0) is 5.82. The molecule has 2 nitrogen and oxygen atoms in total. The summed E-state index contributed by atoms with van der Waals surface area (Å²) < 4.78 is 2.99. The van der Waals surface area contributed by atoms with E-state index in [2.05, 4.69) is 16.6 Å². The van der Waals surface area contributed by atoms with Gasteiger partial charge in [-0.05, 0) is 6.42 Å². The molecule has 1 aliphatic heterocycles. The molecule has 0 aliphatic carbocycles. The summed E-state index contributed by atoms with van der Waals surface area (Å²) in [5.74, 6) is 0. The van der Waals surface area contributed by atoms with E-state index < -0.39 is 0 Å². The summed E-state index contributed by atoms with van der Waals surface area (Å²) in [7, 11) is 0. The largest absolute Gasteiger partial charge is 0.330 e. The van der Waals surface area contributed by atoms with Gasteiger partial charge in [-0.1, -0.05) is 6.92 Å². The molecule has 44 valence electrons. The second-order valence-electron chi connectivity index (χ2n) is 1.41. The molecule has 0 fully saturated rings. The molecule has 0 saturated heterocycles. The average molecular weight is 128 g/mol. The van der Waals surface area contributed by atoms with Crippen molar-refractivity contribution in [1.82, 2.24) is 4.72 Å². The molecule has 0 aromatic rings. The molecule has 0 spiro atoms. The highest BCUT2D eigenvalue weighted by atomic mass is 32.2. The Labute approximate surface area is 53.2 Å². The first-order chi connectivity index (χ1) is 3.93. The number of nitrogens with zero attached hydrogens (tertiary/aromatic N) is 1. The zero-order valence-corrected chi connectivity index (χ0v) is 5.53. The van der Waals surface area contributed by atoms with Crippen LogP contribution in [-0.4, -0.2) is 5.04 Å². The highest BCUT2D eigenvalue weighted by Crippen LogP contribution is 2.06. The van der Waals surface area contributed by atoms with Gasteiger partial charge in [0, 0.05) is 24.3 Å². The van der Waals surface area contributed by atoms with Crippen molar-refractivity contribution in [3.8, 4) is 0 Å². The van der Waals surface area contributed by atoms with Crippen LogP contribution in [0.4, 0.5) is 0 Å². The lowest BCUT2D eigenvalue weighted by Crippen LogP contribution is -2.02. The number of hydrogen-bond acceptors (Lipinski definition) is 3. The molecule has 0 aromatic carbocycles. The molecule has 8 heavy (non-hydrogen) atoms. The fraction of sp³-hybridized carbons (Fsp3) is 0.400. The first kappa shape index (κ1) is 5.69. The maximum atomic E-state index is 4.08.